The molecule has 19 heavy (non-hydrogen) atoms. The van der Waals surface area contributed by atoms with Gasteiger partial charge in [-0.3, -0.25) is 0 Å². The monoisotopic (exact) mass is 259 g/mol. The first-order valence-electron chi connectivity index (χ1n) is 6.61. The van der Waals surface area contributed by atoms with E-state index in [2.05, 4.69) is 4.98 Å². The molecule has 1 N–H and O–H groups in total. The Kier molecular flexibility index (Phi) is 3.62. The molecule has 0 bridgehead atoms. The van der Waals surface area contributed by atoms with E-state index >= 15 is 0 Å². The minimum atomic E-state index is -0.0822. The highest BCUT2D eigenvalue weighted by Gasteiger charge is 2.17. The van der Waals surface area contributed by atoms with Crippen LogP contribution in [0.25, 0.3) is 10.8 Å². The van der Waals surface area contributed by atoms with Gasteiger partial charge in [-0.15, -0.1) is 0 Å². The smallest absolute Gasteiger partial charge is 0.221 e. The van der Waals surface area contributed by atoms with Gasteiger partial charge in [-0.2, -0.15) is 0 Å². The van der Waals surface area contributed by atoms with Crippen LogP contribution < -0.4 is 4.74 Å². The lowest BCUT2D eigenvalue weighted by Crippen LogP contribution is -2.17. The molecule has 3 rings (SSSR count). The van der Waals surface area contributed by atoms with Crippen LogP contribution in [-0.4, -0.2) is 29.4 Å². The van der Waals surface area contributed by atoms with Crippen LogP contribution in [0.15, 0.2) is 30.3 Å². The summed E-state index contributed by atoms with van der Waals surface area (Å²) in [7, 11) is 0. The Morgan fingerprint density at radius 1 is 1.37 bits per heavy atom. The van der Waals surface area contributed by atoms with Crippen LogP contribution in [0.1, 0.15) is 18.5 Å². The summed E-state index contributed by atoms with van der Waals surface area (Å²) in [5, 5.41) is 11.3. The van der Waals surface area contributed by atoms with E-state index in [9.17, 15) is 5.11 Å². The molecule has 1 fully saturated rings. The largest absolute Gasteiger partial charge is 0.474 e. The maximum Gasteiger partial charge on any atom is 0.221 e. The standard InChI is InChI=1S/C15H17NO3/c17-9-12-8-11-4-1-2-6-14(11)15(16-12)19-10-13-5-3-7-18-13/h1-2,4,6,8,13,17H,3,5,7,9-10H2. The summed E-state index contributed by atoms with van der Waals surface area (Å²) in [6, 6.07) is 9.78. The van der Waals surface area contributed by atoms with Crippen LogP contribution in [0.2, 0.25) is 0 Å². The second-order valence-electron chi connectivity index (χ2n) is 4.74. The fourth-order valence-electron chi connectivity index (χ4n) is 2.36. The van der Waals surface area contributed by atoms with E-state index in [1.165, 1.54) is 0 Å². The third-order valence-corrected chi connectivity index (χ3v) is 3.35. The number of fused-ring (bicyclic) bond motifs is 1. The number of pyridine rings is 1. The highest BCUT2D eigenvalue weighted by molar-refractivity contribution is 5.87. The molecule has 100 valence electrons. The summed E-state index contributed by atoms with van der Waals surface area (Å²) < 4.78 is 11.3. The van der Waals surface area contributed by atoms with Crippen LogP contribution in [0.4, 0.5) is 0 Å². The Labute approximate surface area is 112 Å². The van der Waals surface area contributed by atoms with Crippen LogP contribution in [0.3, 0.4) is 0 Å². The molecule has 0 aliphatic carbocycles. The molecule has 1 aliphatic rings. The van der Waals surface area contributed by atoms with Crippen molar-refractivity contribution in [1.29, 1.82) is 0 Å². The topological polar surface area (TPSA) is 51.6 Å². The second kappa shape index (κ2) is 5.55. The molecule has 2 aromatic rings. The number of aliphatic hydroxyl groups excluding tert-OH is 1. The molecule has 2 heterocycles. The lowest BCUT2D eigenvalue weighted by Gasteiger charge is -2.13. The van der Waals surface area contributed by atoms with E-state index in [4.69, 9.17) is 9.47 Å². The Bertz CT molecular complexity index is 564. The van der Waals surface area contributed by atoms with Crippen molar-refractivity contribution in [2.45, 2.75) is 25.6 Å². The molecule has 1 saturated heterocycles. The molecule has 1 aliphatic heterocycles. The molecule has 4 nitrogen and oxygen atoms in total. The molecule has 1 aromatic carbocycles. The van der Waals surface area contributed by atoms with Crippen LogP contribution in [-0.2, 0) is 11.3 Å². The zero-order chi connectivity index (χ0) is 13.1. The number of ether oxygens (including phenoxy) is 2. The van der Waals surface area contributed by atoms with E-state index in [0.29, 0.717) is 18.2 Å². The van der Waals surface area contributed by atoms with E-state index in [1.54, 1.807) is 0 Å². The van der Waals surface area contributed by atoms with Crippen molar-refractivity contribution in [1.82, 2.24) is 4.98 Å². The number of nitrogens with zero attached hydrogens (tertiary/aromatic N) is 1. The molecule has 0 saturated carbocycles. The number of aromatic nitrogens is 1. The van der Waals surface area contributed by atoms with E-state index in [1.807, 2.05) is 30.3 Å². The first-order valence-corrected chi connectivity index (χ1v) is 6.61. The third-order valence-electron chi connectivity index (χ3n) is 3.35. The van der Waals surface area contributed by atoms with Gasteiger partial charge in [-0.1, -0.05) is 18.2 Å². The Hall–Kier alpha value is -1.65. The van der Waals surface area contributed by atoms with E-state index in [0.717, 1.165) is 30.2 Å². The average Bonchev–Trinajstić information content (AvgIpc) is 2.97. The zero-order valence-electron chi connectivity index (χ0n) is 10.7. The van der Waals surface area contributed by atoms with Gasteiger partial charge in [0.05, 0.1) is 18.4 Å². The number of hydrogen-bond donors (Lipinski definition) is 1. The maximum atomic E-state index is 9.26. The maximum absolute atomic E-state index is 9.26. The average molecular weight is 259 g/mol. The van der Waals surface area contributed by atoms with Crippen molar-refractivity contribution < 1.29 is 14.6 Å². The van der Waals surface area contributed by atoms with Crippen molar-refractivity contribution >= 4 is 10.8 Å². The molecular formula is C15H17NO3. The molecule has 1 atom stereocenters. The predicted molar refractivity (Wildman–Crippen MR) is 72.1 cm³/mol. The van der Waals surface area contributed by atoms with Gasteiger partial charge in [0.1, 0.15) is 6.61 Å². The van der Waals surface area contributed by atoms with Gasteiger partial charge in [0, 0.05) is 12.0 Å². The first kappa shape index (κ1) is 12.4. The SMILES string of the molecule is OCc1cc2ccccc2c(OCC2CCCO2)n1. The molecule has 0 radical (unpaired) electrons. The quantitative estimate of drug-likeness (QED) is 0.915. The Balaban J connectivity index is 1.87. The van der Waals surface area contributed by atoms with Crippen molar-refractivity contribution in [2.24, 2.45) is 0 Å². The fourth-order valence-corrected chi connectivity index (χ4v) is 2.36. The van der Waals surface area contributed by atoms with Gasteiger partial charge in [0.25, 0.3) is 0 Å². The van der Waals surface area contributed by atoms with Crippen molar-refractivity contribution in [2.75, 3.05) is 13.2 Å². The van der Waals surface area contributed by atoms with Crippen LogP contribution >= 0.6 is 0 Å². The molecule has 1 aromatic heterocycles. The highest BCUT2D eigenvalue weighted by atomic mass is 16.5. The zero-order valence-corrected chi connectivity index (χ0v) is 10.7. The number of aliphatic hydroxyl groups is 1. The first-order chi connectivity index (χ1) is 9.36. The van der Waals surface area contributed by atoms with Gasteiger partial charge < -0.3 is 14.6 Å². The van der Waals surface area contributed by atoms with Gasteiger partial charge in [0.2, 0.25) is 5.88 Å². The Morgan fingerprint density at radius 2 is 2.26 bits per heavy atom. The summed E-state index contributed by atoms with van der Waals surface area (Å²) in [6.45, 7) is 1.26. The summed E-state index contributed by atoms with van der Waals surface area (Å²) in [6.07, 6.45) is 2.30. The molecule has 0 spiro atoms. The second-order valence-corrected chi connectivity index (χ2v) is 4.74. The fraction of sp³-hybridized carbons (Fsp3) is 0.400. The van der Waals surface area contributed by atoms with Gasteiger partial charge in [-0.25, -0.2) is 4.98 Å². The summed E-state index contributed by atoms with van der Waals surface area (Å²) in [4.78, 5) is 4.35. The lowest BCUT2D eigenvalue weighted by molar-refractivity contribution is 0.0668. The molecule has 1 unspecified atom stereocenters. The predicted octanol–water partition coefficient (Wildman–Crippen LogP) is 2.28. The number of benzene rings is 1. The van der Waals surface area contributed by atoms with Crippen molar-refractivity contribution in [3.63, 3.8) is 0 Å². The summed E-state index contributed by atoms with van der Waals surface area (Å²) in [5.74, 6) is 0.581. The van der Waals surface area contributed by atoms with Crippen molar-refractivity contribution in [3.8, 4) is 5.88 Å². The minimum absolute atomic E-state index is 0.0822. The summed E-state index contributed by atoms with van der Waals surface area (Å²) in [5.41, 5.74) is 0.626. The van der Waals surface area contributed by atoms with Gasteiger partial charge in [0.15, 0.2) is 0 Å². The van der Waals surface area contributed by atoms with E-state index in [-0.39, 0.29) is 12.7 Å². The third kappa shape index (κ3) is 2.69. The van der Waals surface area contributed by atoms with Crippen LogP contribution in [0, 0.1) is 0 Å². The van der Waals surface area contributed by atoms with Crippen molar-refractivity contribution in [3.05, 3.63) is 36.0 Å². The van der Waals surface area contributed by atoms with Crippen LogP contribution in [0.5, 0.6) is 5.88 Å². The normalized spacial score (nSPS) is 18.9. The number of rotatable bonds is 4. The molecular weight excluding hydrogens is 242 g/mol. The Morgan fingerprint density at radius 3 is 3.05 bits per heavy atom. The number of hydrogen-bond acceptors (Lipinski definition) is 4. The molecule has 4 heteroatoms. The van der Waals surface area contributed by atoms with Gasteiger partial charge in [-0.05, 0) is 30.4 Å². The summed E-state index contributed by atoms with van der Waals surface area (Å²) >= 11 is 0. The van der Waals surface area contributed by atoms with Gasteiger partial charge >= 0.3 is 0 Å². The molecule has 0 amide bonds. The minimum Gasteiger partial charge on any atom is -0.474 e. The van der Waals surface area contributed by atoms with E-state index < -0.39 is 0 Å². The lowest BCUT2D eigenvalue weighted by atomic mass is 10.1. The highest BCUT2D eigenvalue weighted by Crippen LogP contribution is 2.25.